The van der Waals surface area contributed by atoms with Gasteiger partial charge in [0.15, 0.2) is 0 Å². The first-order chi connectivity index (χ1) is 9.18. The molecule has 0 aliphatic heterocycles. The van der Waals surface area contributed by atoms with Crippen molar-refractivity contribution in [3.05, 3.63) is 59.2 Å². The monoisotopic (exact) mass is 292 g/mol. The van der Waals surface area contributed by atoms with Crippen LogP contribution in [0, 0.1) is 0 Å². The van der Waals surface area contributed by atoms with Crippen LogP contribution in [0.15, 0.2) is 42.5 Å². The normalized spacial score (nSPS) is 15.8. The zero-order valence-electron chi connectivity index (χ0n) is 9.90. The number of ether oxygens (including phenoxy) is 1. The fourth-order valence-electron chi connectivity index (χ4n) is 2.53. The van der Waals surface area contributed by atoms with Crippen LogP contribution in [0.1, 0.15) is 22.1 Å². The number of fused-ring (bicyclic) bond motifs is 3. The largest absolute Gasteiger partial charge is 0.449 e. The van der Waals surface area contributed by atoms with Crippen LogP contribution in [-0.4, -0.2) is 5.43 Å². The van der Waals surface area contributed by atoms with Gasteiger partial charge in [-0.2, -0.15) is 0 Å². The number of hydrogen-bond acceptors (Lipinski definition) is 2. The van der Waals surface area contributed by atoms with E-state index < -0.39 is 5.43 Å². The van der Waals surface area contributed by atoms with Crippen molar-refractivity contribution in [1.29, 1.82) is 0 Å². The molecule has 1 aliphatic carbocycles. The lowest BCUT2D eigenvalue weighted by atomic mass is 10.0. The van der Waals surface area contributed by atoms with E-state index in [1.165, 1.54) is 0 Å². The van der Waals surface area contributed by atoms with Gasteiger partial charge in [-0.25, -0.2) is 4.79 Å². The Kier molecular flexibility index (Phi) is 3.21. The van der Waals surface area contributed by atoms with Crippen molar-refractivity contribution in [3.8, 4) is 11.1 Å². The standard InChI is InChI=1S/C15H10Cl2O2/c16-14-12-6-2-1-5-10(12)11-7-3-4-9(13(11)14)8-19-15(17)18/h1-7,14H,8H2. The fraction of sp³-hybridized carbons (Fsp3) is 0.133. The summed E-state index contributed by atoms with van der Waals surface area (Å²) in [6, 6.07) is 13.9. The van der Waals surface area contributed by atoms with Gasteiger partial charge in [-0.15, -0.1) is 11.6 Å². The van der Waals surface area contributed by atoms with E-state index in [2.05, 4.69) is 0 Å². The average Bonchev–Trinajstić information content (AvgIpc) is 2.71. The lowest BCUT2D eigenvalue weighted by molar-refractivity contribution is 0.167. The first-order valence-electron chi connectivity index (χ1n) is 5.86. The van der Waals surface area contributed by atoms with Crippen LogP contribution in [0.2, 0.25) is 0 Å². The molecule has 1 aliphatic rings. The van der Waals surface area contributed by atoms with Gasteiger partial charge in [0.2, 0.25) is 0 Å². The highest BCUT2D eigenvalue weighted by Crippen LogP contribution is 2.48. The summed E-state index contributed by atoms with van der Waals surface area (Å²) in [6.07, 6.45) is 0. The molecule has 1 atom stereocenters. The molecule has 0 bridgehead atoms. The van der Waals surface area contributed by atoms with Crippen molar-refractivity contribution < 1.29 is 9.53 Å². The Morgan fingerprint density at radius 1 is 1.11 bits per heavy atom. The number of benzene rings is 2. The molecular formula is C15H10Cl2O2. The van der Waals surface area contributed by atoms with Crippen LogP contribution in [0.25, 0.3) is 11.1 Å². The van der Waals surface area contributed by atoms with E-state index in [1.54, 1.807) is 0 Å². The minimum absolute atomic E-state index is 0.142. The van der Waals surface area contributed by atoms with E-state index in [0.29, 0.717) is 0 Å². The highest BCUT2D eigenvalue weighted by molar-refractivity contribution is 6.61. The van der Waals surface area contributed by atoms with Gasteiger partial charge in [-0.05, 0) is 27.8 Å². The van der Waals surface area contributed by atoms with Crippen molar-refractivity contribution in [2.75, 3.05) is 0 Å². The zero-order valence-corrected chi connectivity index (χ0v) is 11.4. The Bertz CT molecular complexity index is 652. The van der Waals surface area contributed by atoms with E-state index in [9.17, 15) is 4.79 Å². The molecule has 1 unspecified atom stereocenters. The Morgan fingerprint density at radius 3 is 2.63 bits per heavy atom. The third-order valence-corrected chi connectivity index (χ3v) is 3.88. The molecule has 0 radical (unpaired) electrons. The van der Waals surface area contributed by atoms with Crippen molar-refractivity contribution >= 4 is 28.6 Å². The first kappa shape index (κ1) is 12.5. The molecule has 2 aromatic carbocycles. The Labute approximate surface area is 120 Å². The predicted octanol–water partition coefficient (Wildman–Crippen LogP) is 4.87. The van der Waals surface area contributed by atoms with E-state index in [0.717, 1.165) is 27.8 Å². The molecule has 0 saturated heterocycles. The zero-order chi connectivity index (χ0) is 13.4. The molecule has 0 amide bonds. The SMILES string of the molecule is O=C(Cl)OCc1cccc2c1C(Cl)c1ccccc1-2. The second-order valence-electron chi connectivity index (χ2n) is 4.35. The number of hydrogen-bond donors (Lipinski definition) is 0. The Hall–Kier alpha value is -1.51. The maximum absolute atomic E-state index is 10.7. The molecule has 19 heavy (non-hydrogen) atoms. The molecule has 0 fully saturated rings. The summed E-state index contributed by atoms with van der Waals surface area (Å²) >= 11 is 11.7. The Balaban J connectivity index is 2.08. The molecule has 2 nitrogen and oxygen atoms in total. The minimum atomic E-state index is -0.806. The van der Waals surface area contributed by atoms with Gasteiger partial charge in [-0.1, -0.05) is 42.5 Å². The maximum atomic E-state index is 10.7. The molecule has 0 aromatic heterocycles. The van der Waals surface area contributed by atoms with Crippen molar-refractivity contribution in [3.63, 3.8) is 0 Å². The van der Waals surface area contributed by atoms with Crippen LogP contribution in [0.5, 0.6) is 0 Å². The summed E-state index contributed by atoms with van der Waals surface area (Å²) in [7, 11) is 0. The molecule has 0 N–H and O–H groups in total. The second-order valence-corrected chi connectivity index (χ2v) is 5.10. The van der Waals surface area contributed by atoms with E-state index >= 15 is 0 Å². The van der Waals surface area contributed by atoms with Crippen LogP contribution in [0.4, 0.5) is 4.79 Å². The quantitative estimate of drug-likeness (QED) is 0.583. The molecule has 2 aromatic rings. The minimum Gasteiger partial charge on any atom is -0.449 e. The van der Waals surface area contributed by atoms with Crippen molar-refractivity contribution in [2.24, 2.45) is 0 Å². The van der Waals surface area contributed by atoms with Crippen LogP contribution in [0.3, 0.4) is 0 Å². The van der Waals surface area contributed by atoms with Crippen LogP contribution in [-0.2, 0) is 11.3 Å². The summed E-state index contributed by atoms with van der Waals surface area (Å²) in [4.78, 5) is 10.7. The molecule has 0 saturated carbocycles. The summed E-state index contributed by atoms with van der Waals surface area (Å²) in [5.74, 6) is 0. The fourth-order valence-corrected chi connectivity index (χ4v) is 3.03. The summed E-state index contributed by atoms with van der Waals surface area (Å²) in [5.41, 5.74) is 4.41. The molecule has 96 valence electrons. The lowest BCUT2D eigenvalue weighted by Crippen LogP contribution is -2.00. The molecule has 0 spiro atoms. The molecule has 0 heterocycles. The third-order valence-electron chi connectivity index (χ3n) is 3.32. The number of halogens is 2. The molecule has 4 heteroatoms. The van der Waals surface area contributed by atoms with Gasteiger partial charge < -0.3 is 4.74 Å². The highest BCUT2D eigenvalue weighted by atomic mass is 35.5. The number of rotatable bonds is 2. The lowest BCUT2D eigenvalue weighted by Gasteiger charge is -2.10. The van der Waals surface area contributed by atoms with Gasteiger partial charge in [0, 0.05) is 11.6 Å². The smallest absolute Gasteiger partial charge is 0.404 e. The van der Waals surface area contributed by atoms with Crippen molar-refractivity contribution in [2.45, 2.75) is 12.0 Å². The first-order valence-corrected chi connectivity index (χ1v) is 6.67. The van der Waals surface area contributed by atoms with Crippen LogP contribution < -0.4 is 0 Å². The van der Waals surface area contributed by atoms with Gasteiger partial charge in [-0.3, -0.25) is 0 Å². The maximum Gasteiger partial charge on any atom is 0.404 e. The van der Waals surface area contributed by atoms with Gasteiger partial charge in [0.05, 0.1) is 5.38 Å². The third kappa shape index (κ3) is 2.11. The van der Waals surface area contributed by atoms with Gasteiger partial charge in [0.25, 0.3) is 0 Å². The van der Waals surface area contributed by atoms with Crippen molar-refractivity contribution in [1.82, 2.24) is 0 Å². The second kappa shape index (κ2) is 4.87. The predicted molar refractivity (Wildman–Crippen MR) is 75.6 cm³/mol. The van der Waals surface area contributed by atoms with Gasteiger partial charge >= 0.3 is 5.43 Å². The summed E-state index contributed by atoms with van der Waals surface area (Å²) in [5, 5.41) is -0.212. The molecular weight excluding hydrogens is 283 g/mol. The van der Waals surface area contributed by atoms with Crippen LogP contribution >= 0.6 is 23.2 Å². The van der Waals surface area contributed by atoms with E-state index in [1.807, 2.05) is 42.5 Å². The average molecular weight is 293 g/mol. The topological polar surface area (TPSA) is 26.3 Å². The van der Waals surface area contributed by atoms with E-state index in [-0.39, 0.29) is 12.0 Å². The Morgan fingerprint density at radius 2 is 1.84 bits per heavy atom. The summed E-state index contributed by atoms with van der Waals surface area (Å²) in [6.45, 7) is 0.142. The number of carbonyl (C=O) groups excluding carboxylic acids is 1. The van der Waals surface area contributed by atoms with E-state index in [4.69, 9.17) is 27.9 Å². The highest BCUT2D eigenvalue weighted by Gasteiger charge is 2.28. The number of carbonyl (C=O) groups is 1. The summed E-state index contributed by atoms with van der Waals surface area (Å²) < 4.78 is 4.87. The number of alkyl halides is 1. The van der Waals surface area contributed by atoms with Gasteiger partial charge in [0.1, 0.15) is 6.61 Å². The molecule has 3 rings (SSSR count).